The third-order valence-electron chi connectivity index (χ3n) is 1.57. The molecule has 0 bridgehead atoms. The Morgan fingerprint density at radius 3 is 2.92 bits per heavy atom. The van der Waals surface area contributed by atoms with Crippen LogP contribution in [0.1, 0.15) is 10.4 Å². The lowest BCUT2D eigenvalue weighted by atomic mass is 10.1. The molecular formula is C9H9BrClNO. The van der Waals surface area contributed by atoms with Gasteiger partial charge in [0.15, 0.2) is 5.78 Å². The molecule has 0 aliphatic heterocycles. The first-order valence-corrected chi connectivity index (χ1v) is 4.95. The Kier molecular flexibility index (Phi) is 3.90. The van der Waals surface area contributed by atoms with Gasteiger partial charge in [0.2, 0.25) is 0 Å². The maximum absolute atomic E-state index is 11.4. The minimum Gasteiger partial charge on any atom is -0.313 e. The highest BCUT2D eigenvalue weighted by Gasteiger charge is 2.09. The monoisotopic (exact) mass is 261 g/mol. The molecule has 0 aliphatic carbocycles. The quantitative estimate of drug-likeness (QED) is 0.848. The third-order valence-corrected chi connectivity index (χ3v) is 2.39. The van der Waals surface area contributed by atoms with Crippen molar-refractivity contribution in [1.29, 1.82) is 0 Å². The van der Waals surface area contributed by atoms with Crippen LogP contribution in [-0.2, 0) is 0 Å². The summed E-state index contributed by atoms with van der Waals surface area (Å²) in [6.45, 7) is 0.302. The minimum atomic E-state index is -0.00574. The van der Waals surface area contributed by atoms with Gasteiger partial charge in [-0.25, -0.2) is 0 Å². The molecule has 0 saturated heterocycles. The topological polar surface area (TPSA) is 29.1 Å². The fourth-order valence-electron chi connectivity index (χ4n) is 0.967. The first-order valence-electron chi connectivity index (χ1n) is 3.78. The van der Waals surface area contributed by atoms with E-state index in [4.69, 9.17) is 11.6 Å². The van der Waals surface area contributed by atoms with Gasteiger partial charge in [-0.2, -0.15) is 0 Å². The van der Waals surface area contributed by atoms with E-state index < -0.39 is 0 Å². The van der Waals surface area contributed by atoms with E-state index in [1.165, 1.54) is 0 Å². The van der Waals surface area contributed by atoms with Crippen LogP contribution in [0, 0.1) is 0 Å². The Balaban J connectivity index is 2.99. The van der Waals surface area contributed by atoms with Gasteiger partial charge in [-0.05, 0) is 25.2 Å². The predicted octanol–water partition coefficient (Wildman–Crippen LogP) is 2.50. The lowest BCUT2D eigenvalue weighted by molar-refractivity contribution is 0.0993. The molecule has 1 aromatic rings. The second kappa shape index (κ2) is 4.74. The maximum atomic E-state index is 11.4. The Morgan fingerprint density at radius 2 is 2.31 bits per heavy atom. The number of ketones is 1. The molecule has 0 atom stereocenters. The summed E-state index contributed by atoms with van der Waals surface area (Å²) in [5.41, 5.74) is 0.547. The second-order valence-corrected chi connectivity index (χ2v) is 3.90. The summed E-state index contributed by atoms with van der Waals surface area (Å²) in [7, 11) is 1.73. The van der Waals surface area contributed by atoms with E-state index in [-0.39, 0.29) is 5.78 Å². The summed E-state index contributed by atoms with van der Waals surface area (Å²) >= 11 is 9.14. The van der Waals surface area contributed by atoms with E-state index in [0.717, 1.165) is 4.47 Å². The molecule has 0 aromatic heterocycles. The standard InChI is InChI=1S/C9H9BrClNO/c1-12-5-9(13)7-4-6(10)2-3-8(7)11/h2-4,12H,5H2,1H3. The first-order chi connectivity index (χ1) is 6.15. The van der Waals surface area contributed by atoms with Crippen LogP contribution < -0.4 is 5.32 Å². The van der Waals surface area contributed by atoms with Gasteiger partial charge in [-0.15, -0.1) is 0 Å². The highest BCUT2D eigenvalue weighted by Crippen LogP contribution is 2.21. The molecular weight excluding hydrogens is 253 g/mol. The summed E-state index contributed by atoms with van der Waals surface area (Å²) in [4.78, 5) is 11.4. The number of nitrogens with one attached hydrogen (secondary N) is 1. The van der Waals surface area contributed by atoms with Gasteiger partial charge in [-0.3, -0.25) is 4.79 Å². The van der Waals surface area contributed by atoms with Crippen LogP contribution in [-0.4, -0.2) is 19.4 Å². The Bertz CT molecular complexity index is 327. The molecule has 0 radical (unpaired) electrons. The maximum Gasteiger partial charge on any atom is 0.178 e. The van der Waals surface area contributed by atoms with Gasteiger partial charge in [0.1, 0.15) is 0 Å². The molecule has 0 heterocycles. The summed E-state index contributed by atoms with van der Waals surface area (Å²) < 4.78 is 0.858. The number of halogens is 2. The van der Waals surface area contributed by atoms with Crippen molar-refractivity contribution in [1.82, 2.24) is 5.32 Å². The van der Waals surface area contributed by atoms with Gasteiger partial charge in [0, 0.05) is 10.0 Å². The Hall–Kier alpha value is -0.380. The zero-order chi connectivity index (χ0) is 9.84. The number of rotatable bonds is 3. The molecule has 0 saturated carbocycles. The van der Waals surface area contributed by atoms with Gasteiger partial charge in [0.05, 0.1) is 11.6 Å². The van der Waals surface area contributed by atoms with Crippen LogP contribution >= 0.6 is 27.5 Å². The van der Waals surface area contributed by atoms with Crippen molar-refractivity contribution in [2.24, 2.45) is 0 Å². The molecule has 1 aromatic carbocycles. The van der Waals surface area contributed by atoms with Gasteiger partial charge in [-0.1, -0.05) is 27.5 Å². The van der Waals surface area contributed by atoms with Crippen molar-refractivity contribution < 1.29 is 4.79 Å². The van der Waals surface area contributed by atoms with Crippen molar-refractivity contribution in [2.45, 2.75) is 0 Å². The zero-order valence-corrected chi connectivity index (χ0v) is 9.45. The number of benzene rings is 1. The largest absolute Gasteiger partial charge is 0.313 e. The van der Waals surface area contributed by atoms with Gasteiger partial charge >= 0.3 is 0 Å². The van der Waals surface area contributed by atoms with E-state index in [0.29, 0.717) is 17.1 Å². The van der Waals surface area contributed by atoms with Crippen molar-refractivity contribution in [3.8, 4) is 0 Å². The normalized spacial score (nSPS) is 10.1. The van der Waals surface area contributed by atoms with Crippen LogP contribution in [0.25, 0.3) is 0 Å². The van der Waals surface area contributed by atoms with E-state index in [2.05, 4.69) is 21.2 Å². The van der Waals surface area contributed by atoms with Crippen LogP contribution in [0.2, 0.25) is 5.02 Å². The SMILES string of the molecule is CNCC(=O)c1cc(Br)ccc1Cl. The molecule has 0 unspecified atom stereocenters. The van der Waals surface area contributed by atoms with Crippen LogP contribution in [0.4, 0.5) is 0 Å². The van der Waals surface area contributed by atoms with Gasteiger partial charge in [0.25, 0.3) is 0 Å². The van der Waals surface area contributed by atoms with Crippen molar-refractivity contribution in [3.63, 3.8) is 0 Å². The van der Waals surface area contributed by atoms with Crippen molar-refractivity contribution in [2.75, 3.05) is 13.6 Å². The summed E-state index contributed by atoms with van der Waals surface area (Å²) in [6.07, 6.45) is 0. The van der Waals surface area contributed by atoms with Crippen molar-refractivity contribution in [3.05, 3.63) is 33.3 Å². The van der Waals surface area contributed by atoms with Gasteiger partial charge < -0.3 is 5.32 Å². The molecule has 0 fully saturated rings. The molecule has 1 rings (SSSR count). The summed E-state index contributed by atoms with van der Waals surface area (Å²) in [5, 5.41) is 3.28. The zero-order valence-electron chi connectivity index (χ0n) is 7.10. The number of hydrogen-bond donors (Lipinski definition) is 1. The Labute approximate surface area is 90.4 Å². The molecule has 0 aliphatic rings. The van der Waals surface area contributed by atoms with E-state index in [1.54, 1.807) is 25.2 Å². The smallest absolute Gasteiger partial charge is 0.178 e. The lowest BCUT2D eigenvalue weighted by Crippen LogP contribution is -2.18. The van der Waals surface area contributed by atoms with Crippen LogP contribution in [0.15, 0.2) is 22.7 Å². The number of hydrogen-bond acceptors (Lipinski definition) is 2. The van der Waals surface area contributed by atoms with E-state index >= 15 is 0 Å². The van der Waals surface area contributed by atoms with Crippen molar-refractivity contribution >= 4 is 33.3 Å². The number of carbonyl (C=O) groups is 1. The third kappa shape index (κ3) is 2.79. The molecule has 0 amide bonds. The average molecular weight is 263 g/mol. The fourth-order valence-corrected chi connectivity index (χ4v) is 1.55. The highest BCUT2D eigenvalue weighted by molar-refractivity contribution is 9.10. The molecule has 70 valence electrons. The number of likely N-dealkylation sites (N-methyl/N-ethyl adjacent to an activating group) is 1. The number of carbonyl (C=O) groups excluding carboxylic acids is 1. The molecule has 2 nitrogen and oxygen atoms in total. The predicted molar refractivity (Wildman–Crippen MR) is 57.4 cm³/mol. The molecule has 1 N–H and O–H groups in total. The molecule has 13 heavy (non-hydrogen) atoms. The Morgan fingerprint density at radius 1 is 1.62 bits per heavy atom. The summed E-state index contributed by atoms with van der Waals surface area (Å²) in [6, 6.07) is 5.23. The highest BCUT2D eigenvalue weighted by atomic mass is 79.9. The van der Waals surface area contributed by atoms with E-state index in [1.807, 2.05) is 0 Å². The second-order valence-electron chi connectivity index (χ2n) is 2.58. The van der Waals surface area contributed by atoms with E-state index in [9.17, 15) is 4.79 Å². The summed E-state index contributed by atoms with van der Waals surface area (Å²) in [5.74, 6) is -0.00574. The minimum absolute atomic E-state index is 0.00574. The number of Topliss-reactive ketones (excluding diaryl/α,β-unsaturated/α-hetero) is 1. The fraction of sp³-hybridized carbons (Fsp3) is 0.222. The lowest BCUT2D eigenvalue weighted by Gasteiger charge is -2.02. The first kappa shape index (κ1) is 10.7. The average Bonchev–Trinajstić information content (AvgIpc) is 2.09. The molecule has 0 spiro atoms. The van der Waals surface area contributed by atoms with Crippen LogP contribution in [0.3, 0.4) is 0 Å². The van der Waals surface area contributed by atoms with Crippen LogP contribution in [0.5, 0.6) is 0 Å². The molecule has 4 heteroatoms.